The number of carbonyl (C=O) groups excluding carboxylic acids is 1. The summed E-state index contributed by atoms with van der Waals surface area (Å²) in [5.41, 5.74) is 4.00. The number of aryl methyl sites for hydroxylation is 1. The maximum absolute atomic E-state index is 11.8. The van der Waals surface area contributed by atoms with Crippen molar-refractivity contribution in [3.8, 4) is 22.7 Å². The summed E-state index contributed by atoms with van der Waals surface area (Å²) in [5, 5.41) is 0. The molecule has 0 amide bonds. The first-order chi connectivity index (χ1) is 12.2. The minimum absolute atomic E-state index is 0.120. The van der Waals surface area contributed by atoms with Crippen LogP contribution in [0.1, 0.15) is 23.9 Å². The molecule has 4 rings (SSSR count). The van der Waals surface area contributed by atoms with E-state index in [4.69, 9.17) is 14.5 Å². The maximum Gasteiger partial charge on any atom is 0.309 e. The van der Waals surface area contributed by atoms with Crippen LogP contribution in [0.5, 0.6) is 5.75 Å². The van der Waals surface area contributed by atoms with Gasteiger partial charge < -0.3 is 9.47 Å². The van der Waals surface area contributed by atoms with E-state index in [1.165, 1.54) is 12.7 Å². The number of nitrogens with zero attached hydrogens (tertiary/aromatic N) is 2. The van der Waals surface area contributed by atoms with Gasteiger partial charge in [-0.05, 0) is 19.1 Å². The Bertz CT molecular complexity index is 928. The highest BCUT2D eigenvalue weighted by atomic mass is 16.5. The molecule has 126 valence electrons. The number of aromatic nitrogens is 2. The van der Waals surface area contributed by atoms with Crippen LogP contribution in [0.3, 0.4) is 0 Å². The van der Waals surface area contributed by atoms with Gasteiger partial charge in [-0.15, -0.1) is 0 Å². The second kappa shape index (κ2) is 6.09. The van der Waals surface area contributed by atoms with E-state index in [1.807, 2.05) is 47.2 Å². The van der Waals surface area contributed by atoms with E-state index >= 15 is 0 Å². The Morgan fingerprint density at radius 1 is 1.20 bits per heavy atom. The number of hydrogen-bond donors (Lipinski definition) is 0. The summed E-state index contributed by atoms with van der Waals surface area (Å²) in [5.74, 6) is 1.12. The lowest BCUT2D eigenvalue weighted by molar-refractivity contribution is -0.142. The Balaban J connectivity index is 1.81. The van der Waals surface area contributed by atoms with Gasteiger partial charge >= 0.3 is 5.97 Å². The van der Waals surface area contributed by atoms with Crippen molar-refractivity contribution in [1.82, 2.24) is 9.55 Å². The quantitative estimate of drug-likeness (QED) is 0.683. The van der Waals surface area contributed by atoms with E-state index in [-0.39, 0.29) is 12.4 Å². The number of hydrogen-bond acceptors (Lipinski definition) is 4. The monoisotopic (exact) mass is 334 g/mol. The van der Waals surface area contributed by atoms with Crippen molar-refractivity contribution in [1.29, 1.82) is 0 Å². The standard InChI is InChI=1S/C20H18N2O3/c1-13-7-9-14(10-8-13)15-12-22-16-5-3-4-6-17(16)25-18(20(22)21-15)11-19(23)24-2/h3-10,12,18H,11H2,1-2H3. The summed E-state index contributed by atoms with van der Waals surface area (Å²) in [4.78, 5) is 16.5. The predicted octanol–water partition coefficient (Wildman–Crippen LogP) is 3.84. The largest absolute Gasteiger partial charge is 0.480 e. The highest BCUT2D eigenvalue weighted by Crippen LogP contribution is 2.38. The Morgan fingerprint density at radius 3 is 2.72 bits per heavy atom. The minimum atomic E-state index is -0.471. The Kier molecular flexibility index (Phi) is 3.76. The van der Waals surface area contributed by atoms with Gasteiger partial charge in [-0.1, -0.05) is 42.0 Å². The summed E-state index contributed by atoms with van der Waals surface area (Å²) < 4.78 is 12.8. The molecular formula is C20H18N2O3. The number of carbonyl (C=O) groups is 1. The number of ether oxygens (including phenoxy) is 2. The van der Waals surface area contributed by atoms with Crippen molar-refractivity contribution in [2.75, 3.05) is 7.11 Å². The van der Waals surface area contributed by atoms with E-state index in [9.17, 15) is 4.79 Å². The van der Waals surface area contributed by atoms with Gasteiger partial charge in [0.25, 0.3) is 0 Å². The summed E-state index contributed by atoms with van der Waals surface area (Å²) in [6.45, 7) is 2.05. The molecule has 0 spiro atoms. The van der Waals surface area contributed by atoms with Crippen LogP contribution < -0.4 is 4.74 Å². The number of rotatable bonds is 3. The van der Waals surface area contributed by atoms with E-state index in [1.54, 1.807) is 0 Å². The Hall–Kier alpha value is -3.08. The zero-order valence-corrected chi connectivity index (χ0v) is 14.1. The van der Waals surface area contributed by atoms with Crippen LogP contribution in [-0.2, 0) is 9.53 Å². The third-order valence-corrected chi connectivity index (χ3v) is 4.34. The molecule has 1 aliphatic heterocycles. The van der Waals surface area contributed by atoms with Gasteiger partial charge in [0, 0.05) is 11.8 Å². The zero-order chi connectivity index (χ0) is 17.4. The van der Waals surface area contributed by atoms with Gasteiger partial charge in [0.1, 0.15) is 5.75 Å². The van der Waals surface area contributed by atoms with E-state index in [0.29, 0.717) is 5.82 Å². The van der Waals surface area contributed by atoms with Gasteiger partial charge in [0.2, 0.25) is 0 Å². The van der Waals surface area contributed by atoms with E-state index in [0.717, 1.165) is 22.7 Å². The number of benzene rings is 2. The van der Waals surface area contributed by atoms with Crippen LogP contribution >= 0.6 is 0 Å². The van der Waals surface area contributed by atoms with Crippen molar-refractivity contribution in [3.05, 3.63) is 66.1 Å². The molecule has 3 aromatic rings. The Morgan fingerprint density at radius 2 is 1.96 bits per heavy atom. The summed E-state index contributed by atoms with van der Waals surface area (Å²) in [6, 6.07) is 16.0. The molecule has 0 N–H and O–H groups in total. The molecule has 2 aromatic carbocycles. The maximum atomic E-state index is 11.8. The number of esters is 1. The van der Waals surface area contributed by atoms with Crippen molar-refractivity contribution < 1.29 is 14.3 Å². The van der Waals surface area contributed by atoms with Gasteiger partial charge in [0.05, 0.1) is 24.9 Å². The summed E-state index contributed by atoms with van der Waals surface area (Å²) in [7, 11) is 1.38. The Labute approximate surface area is 145 Å². The molecule has 1 atom stereocenters. The predicted molar refractivity (Wildman–Crippen MR) is 93.7 cm³/mol. The highest BCUT2D eigenvalue weighted by Gasteiger charge is 2.30. The molecule has 1 unspecified atom stereocenters. The van der Waals surface area contributed by atoms with Crippen LogP contribution in [0.25, 0.3) is 16.9 Å². The topological polar surface area (TPSA) is 53.4 Å². The van der Waals surface area contributed by atoms with Crippen molar-refractivity contribution in [2.24, 2.45) is 0 Å². The molecule has 0 fully saturated rings. The molecule has 0 saturated heterocycles. The van der Waals surface area contributed by atoms with Crippen molar-refractivity contribution in [3.63, 3.8) is 0 Å². The van der Waals surface area contributed by atoms with Gasteiger partial charge in [-0.25, -0.2) is 4.98 Å². The molecule has 0 radical (unpaired) electrons. The number of methoxy groups -OCH3 is 1. The molecule has 0 bridgehead atoms. The zero-order valence-electron chi connectivity index (χ0n) is 14.1. The van der Waals surface area contributed by atoms with Gasteiger partial charge in [-0.2, -0.15) is 0 Å². The lowest BCUT2D eigenvalue weighted by Crippen LogP contribution is -2.22. The SMILES string of the molecule is COC(=O)CC1Oc2ccccc2-n2cc(-c3ccc(C)cc3)nc21. The molecule has 25 heavy (non-hydrogen) atoms. The van der Waals surface area contributed by atoms with E-state index < -0.39 is 6.10 Å². The lowest BCUT2D eigenvalue weighted by Gasteiger charge is -2.26. The van der Waals surface area contributed by atoms with Gasteiger partial charge in [-0.3, -0.25) is 9.36 Å². The normalized spacial score (nSPS) is 15.0. The van der Waals surface area contributed by atoms with Crippen LogP contribution in [0, 0.1) is 6.92 Å². The van der Waals surface area contributed by atoms with Crippen LogP contribution in [0.2, 0.25) is 0 Å². The fourth-order valence-corrected chi connectivity index (χ4v) is 3.01. The molecule has 0 aliphatic carbocycles. The first-order valence-corrected chi connectivity index (χ1v) is 8.15. The number of para-hydroxylation sites is 2. The molecule has 1 aliphatic rings. The number of fused-ring (bicyclic) bond motifs is 3. The average molecular weight is 334 g/mol. The van der Waals surface area contributed by atoms with Crippen LogP contribution in [0.4, 0.5) is 0 Å². The summed E-state index contributed by atoms with van der Waals surface area (Å²) >= 11 is 0. The molecule has 5 heteroatoms. The second-order valence-corrected chi connectivity index (χ2v) is 6.07. The van der Waals surface area contributed by atoms with Gasteiger partial charge in [0.15, 0.2) is 11.9 Å². The first-order valence-electron chi connectivity index (χ1n) is 8.15. The van der Waals surface area contributed by atoms with Crippen molar-refractivity contribution in [2.45, 2.75) is 19.4 Å². The van der Waals surface area contributed by atoms with E-state index in [2.05, 4.69) is 19.1 Å². The molecular weight excluding hydrogens is 316 g/mol. The average Bonchev–Trinajstić information content (AvgIpc) is 3.08. The second-order valence-electron chi connectivity index (χ2n) is 6.07. The fraction of sp³-hybridized carbons (Fsp3) is 0.200. The minimum Gasteiger partial charge on any atom is -0.480 e. The molecule has 5 nitrogen and oxygen atoms in total. The summed E-state index contributed by atoms with van der Waals surface area (Å²) in [6.07, 6.45) is 1.64. The van der Waals surface area contributed by atoms with Crippen LogP contribution in [-0.4, -0.2) is 22.6 Å². The fourth-order valence-electron chi connectivity index (χ4n) is 3.01. The third kappa shape index (κ3) is 2.78. The smallest absolute Gasteiger partial charge is 0.309 e. The molecule has 1 aromatic heterocycles. The first kappa shape index (κ1) is 15.4. The number of imidazole rings is 1. The lowest BCUT2D eigenvalue weighted by atomic mass is 10.1. The molecule has 2 heterocycles. The van der Waals surface area contributed by atoms with Crippen LogP contribution in [0.15, 0.2) is 54.7 Å². The highest BCUT2D eigenvalue weighted by molar-refractivity contribution is 5.70. The molecule has 0 saturated carbocycles. The van der Waals surface area contributed by atoms with Crippen molar-refractivity contribution >= 4 is 5.97 Å². The third-order valence-electron chi connectivity index (χ3n) is 4.34.